The third-order valence-corrected chi connectivity index (χ3v) is 8.54. The highest BCUT2D eigenvalue weighted by Gasteiger charge is 2.42. The molecule has 3 heterocycles. The average Bonchev–Trinajstić information content (AvgIpc) is 3.40. The maximum Gasteiger partial charge on any atom is 0.225 e. The lowest BCUT2D eigenvalue weighted by molar-refractivity contribution is -0.135. The predicted octanol–water partition coefficient (Wildman–Crippen LogP) is 6.52. The van der Waals surface area contributed by atoms with Crippen molar-refractivity contribution < 1.29 is 14.3 Å². The van der Waals surface area contributed by atoms with Crippen molar-refractivity contribution in [1.29, 1.82) is 0 Å². The number of halogens is 2. The van der Waals surface area contributed by atoms with E-state index in [2.05, 4.69) is 22.0 Å². The Hall–Kier alpha value is -3.09. The lowest BCUT2D eigenvalue weighted by Gasteiger charge is -2.34. The van der Waals surface area contributed by atoms with Crippen molar-refractivity contribution in [2.75, 3.05) is 31.1 Å². The highest BCUT2D eigenvalue weighted by molar-refractivity contribution is 6.30. The van der Waals surface area contributed by atoms with E-state index in [9.17, 15) is 9.59 Å². The van der Waals surface area contributed by atoms with Gasteiger partial charge in [0, 0.05) is 72.5 Å². The number of rotatable bonds is 7. The van der Waals surface area contributed by atoms with Crippen molar-refractivity contribution in [1.82, 2.24) is 9.88 Å². The zero-order valence-corrected chi connectivity index (χ0v) is 23.7. The smallest absolute Gasteiger partial charge is 0.225 e. The third kappa shape index (κ3) is 6.39. The second-order valence-corrected chi connectivity index (χ2v) is 11.4. The van der Waals surface area contributed by atoms with Crippen molar-refractivity contribution in [3.63, 3.8) is 0 Å². The number of piperidine rings is 1. The van der Waals surface area contributed by atoms with Gasteiger partial charge in [0.15, 0.2) is 5.78 Å². The molecule has 0 bridgehead atoms. The molecule has 1 amide bonds. The van der Waals surface area contributed by atoms with Crippen LogP contribution in [0.3, 0.4) is 0 Å². The van der Waals surface area contributed by atoms with Crippen LogP contribution >= 0.6 is 23.2 Å². The molecule has 6 nitrogen and oxygen atoms in total. The van der Waals surface area contributed by atoms with Gasteiger partial charge in [-0.05, 0) is 74.7 Å². The zero-order chi connectivity index (χ0) is 27.5. The number of anilines is 1. The van der Waals surface area contributed by atoms with Gasteiger partial charge in [0.25, 0.3) is 0 Å². The summed E-state index contributed by atoms with van der Waals surface area (Å²) in [6.45, 7) is 6.54. The van der Waals surface area contributed by atoms with E-state index in [4.69, 9.17) is 27.9 Å². The number of carbonyl (C=O) groups is 2. The molecule has 2 saturated heterocycles. The molecule has 2 aliphatic rings. The van der Waals surface area contributed by atoms with Crippen LogP contribution in [0.1, 0.15) is 48.5 Å². The van der Waals surface area contributed by atoms with Crippen LogP contribution in [0.4, 0.5) is 5.69 Å². The van der Waals surface area contributed by atoms with Crippen molar-refractivity contribution in [2.24, 2.45) is 11.8 Å². The number of carbonyl (C=O) groups excluding carboxylic acids is 2. The molecule has 0 spiro atoms. The molecular weight excluding hydrogens is 533 g/mol. The monoisotopic (exact) mass is 565 g/mol. The Balaban J connectivity index is 1.26. The standard InChI is InChI=1S/C31H33Cl2N3O3/c1-20(37)22-5-10-27(11-6-22)35-15-13-24(14-16-35)31(38)36-18-28(21(2)39-30-12-9-26(33)17-34-30)29(19-36)23-3-7-25(32)8-4-23/h3-12,17,21,24,28-29H,13-16,18-19H2,1-2H3/t21-,28+,29+/m0/s1. The van der Waals surface area contributed by atoms with Gasteiger partial charge in [-0.25, -0.2) is 4.98 Å². The van der Waals surface area contributed by atoms with Gasteiger partial charge in [-0.2, -0.15) is 0 Å². The first kappa shape index (κ1) is 27.5. The number of nitrogens with zero attached hydrogens (tertiary/aromatic N) is 3. The Morgan fingerprint density at radius 3 is 2.21 bits per heavy atom. The highest BCUT2D eigenvalue weighted by Crippen LogP contribution is 2.38. The first-order valence-electron chi connectivity index (χ1n) is 13.5. The van der Waals surface area contributed by atoms with Crippen LogP contribution in [0.15, 0.2) is 66.9 Å². The van der Waals surface area contributed by atoms with E-state index >= 15 is 0 Å². The fraction of sp³-hybridized carbons (Fsp3) is 0.387. The molecule has 2 aromatic carbocycles. The van der Waals surface area contributed by atoms with Crippen LogP contribution in [0.25, 0.3) is 0 Å². The normalized spacial score (nSPS) is 20.6. The summed E-state index contributed by atoms with van der Waals surface area (Å²) < 4.78 is 6.23. The number of Topliss-reactive ketones (excluding diaryl/α,β-unsaturated/α-hetero) is 1. The number of hydrogen-bond donors (Lipinski definition) is 0. The Labute approximate surface area is 239 Å². The van der Waals surface area contributed by atoms with Gasteiger partial charge in [-0.3, -0.25) is 9.59 Å². The van der Waals surface area contributed by atoms with Gasteiger partial charge in [-0.1, -0.05) is 35.3 Å². The third-order valence-electron chi connectivity index (χ3n) is 8.07. The number of ketones is 1. The predicted molar refractivity (Wildman–Crippen MR) is 155 cm³/mol. The number of ether oxygens (including phenoxy) is 1. The van der Waals surface area contributed by atoms with Crippen molar-refractivity contribution in [3.05, 3.63) is 88.0 Å². The van der Waals surface area contributed by atoms with Gasteiger partial charge in [0.2, 0.25) is 11.8 Å². The summed E-state index contributed by atoms with van der Waals surface area (Å²) in [5, 5.41) is 1.25. The molecule has 1 aromatic heterocycles. The molecule has 39 heavy (non-hydrogen) atoms. The Kier molecular flexibility index (Phi) is 8.43. The maximum atomic E-state index is 13.7. The summed E-state index contributed by atoms with van der Waals surface area (Å²) in [6.07, 6.45) is 3.04. The van der Waals surface area contributed by atoms with E-state index in [1.165, 1.54) is 0 Å². The number of likely N-dealkylation sites (tertiary alicyclic amines) is 1. The highest BCUT2D eigenvalue weighted by atomic mass is 35.5. The van der Waals surface area contributed by atoms with Crippen molar-refractivity contribution in [2.45, 2.75) is 38.7 Å². The maximum absolute atomic E-state index is 13.7. The van der Waals surface area contributed by atoms with Crippen LogP contribution in [0.2, 0.25) is 10.0 Å². The van der Waals surface area contributed by atoms with Crippen LogP contribution in [-0.4, -0.2) is 53.9 Å². The molecule has 3 aromatic rings. The van der Waals surface area contributed by atoms with Crippen LogP contribution < -0.4 is 9.64 Å². The van der Waals surface area contributed by atoms with Crippen LogP contribution in [0.5, 0.6) is 5.88 Å². The zero-order valence-electron chi connectivity index (χ0n) is 22.2. The SMILES string of the molecule is CC(=O)c1ccc(N2CCC(C(=O)N3C[C@H]([C@H](C)Oc4ccc(Cl)cn4)[C@@H](c4ccc(Cl)cc4)C3)CC2)cc1. The second-order valence-electron chi connectivity index (χ2n) is 10.6. The van der Waals surface area contributed by atoms with Gasteiger partial charge < -0.3 is 14.5 Å². The molecule has 0 unspecified atom stereocenters. The number of hydrogen-bond acceptors (Lipinski definition) is 5. The second kappa shape index (κ2) is 12.0. The molecule has 5 rings (SSSR count). The number of pyridine rings is 1. The summed E-state index contributed by atoms with van der Waals surface area (Å²) >= 11 is 12.2. The topological polar surface area (TPSA) is 62.7 Å². The summed E-state index contributed by atoms with van der Waals surface area (Å²) in [5.74, 6) is 1.04. The Morgan fingerprint density at radius 1 is 0.923 bits per heavy atom. The molecule has 0 aliphatic carbocycles. The molecular formula is C31H33Cl2N3O3. The number of aromatic nitrogens is 1. The van der Waals surface area contributed by atoms with Crippen molar-refractivity contribution in [3.8, 4) is 5.88 Å². The largest absolute Gasteiger partial charge is 0.474 e. The van der Waals surface area contributed by atoms with Gasteiger partial charge in [0.05, 0.1) is 5.02 Å². The molecule has 3 atom stereocenters. The first-order valence-corrected chi connectivity index (χ1v) is 14.2. The van der Waals surface area contributed by atoms with E-state index in [-0.39, 0.29) is 35.5 Å². The molecule has 0 N–H and O–H groups in total. The van der Waals surface area contributed by atoms with E-state index in [1.807, 2.05) is 48.2 Å². The fourth-order valence-electron chi connectivity index (χ4n) is 5.81. The molecule has 2 aliphatic heterocycles. The van der Waals surface area contributed by atoms with Crippen LogP contribution in [-0.2, 0) is 4.79 Å². The Bertz CT molecular complexity index is 1290. The average molecular weight is 567 g/mol. The van der Waals surface area contributed by atoms with Gasteiger partial charge in [0.1, 0.15) is 6.10 Å². The fourth-order valence-corrected chi connectivity index (χ4v) is 6.04. The number of benzene rings is 2. The van der Waals surface area contributed by atoms with Gasteiger partial charge in [-0.15, -0.1) is 0 Å². The molecule has 8 heteroatoms. The Morgan fingerprint density at radius 2 is 1.59 bits per heavy atom. The summed E-state index contributed by atoms with van der Waals surface area (Å²) in [4.78, 5) is 34.0. The summed E-state index contributed by atoms with van der Waals surface area (Å²) in [7, 11) is 0. The lowest BCUT2D eigenvalue weighted by atomic mass is 9.86. The van der Waals surface area contributed by atoms with E-state index < -0.39 is 0 Å². The lowest BCUT2D eigenvalue weighted by Crippen LogP contribution is -2.42. The van der Waals surface area contributed by atoms with E-state index in [0.29, 0.717) is 34.6 Å². The summed E-state index contributed by atoms with van der Waals surface area (Å²) in [5.41, 5.74) is 2.97. The van der Waals surface area contributed by atoms with E-state index in [1.54, 1.807) is 25.3 Å². The van der Waals surface area contributed by atoms with Crippen molar-refractivity contribution >= 4 is 40.6 Å². The molecule has 2 fully saturated rings. The minimum atomic E-state index is -0.156. The number of amides is 1. The minimum absolute atomic E-state index is 0.00323. The summed E-state index contributed by atoms with van der Waals surface area (Å²) in [6, 6.07) is 19.2. The first-order chi connectivity index (χ1) is 18.8. The molecule has 0 radical (unpaired) electrons. The quantitative estimate of drug-likeness (QED) is 0.305. The van der Waals surface area contributed by atoms with Crippen LogP contribution in [0, 0.1) is 11.8 Å². The minimum Gasteiger partial charge on any atom is -0.474 e. The molecule has 0 saturated carbocycles. The van der Waals surface area contributed by atoms with Gasteiger partial charge >= 0.3 is 0 Å². The molecule has 204 valence electrons. The van der Waals surface area contributed by atoms with E-state index in [0.717, 1.165) is 37.2 Å².